The number of fused-ring (bicyclic) bond motifs is 1. The molecule has 0 saturated heterocycles. The number of carbonyl (C=O) groups is 4. The van der Waals surface area contributed by atoms with Crippen LogP contribution in [0.15, 0.2) is 91.0 Å². The second-order valence-electron chi connectivity index (χ2n) is 14.0. The van der Waals surface area contributed by atoms with Crippen molar-refractivity contribution in [2.45, 2.75) is 50.7 Å². The van der Waals surface area contributed by atoms with Gasteiger partial charge in [-0.2, -0.15) is 8.78 Å². The number of benzene rings is 5. The molecule has 0 radical (unpaired) electrons. The first kappa shape index (κ1) is 44.7. The highest BCUT2D eigenvalue weighted by atomic mass is 19.2. The van der Waals surface area contributed by atoms with Crippen LogP contribution in [0.1, 0.15) is 98.4 Å². The molecule has 0 fully saturated rings. The molecular formula is C46H41F5N2O9. The number of esters is 1. The Morgan fingerprint density at radius 2 is 1.31 bits per heavy atom. The summed E-state index contributed by atoms with van der Waals surface area (Å²) in [7, 11) is 3.17. The molecule has 1 aliphatic rings. The first-order valence-corrected chi connectivity index (χ1v) is 19.5. The molecule has 0 bridgehead atoms. The Morgan fingerprint density at radius 3 is 1.89 bits per heavy atom. The average Bonchev–Trinajstić information content (AvgIpc) is 3.59. The van der Waals surface area contributed by atoms with Gasteiger partial charge >= 0.3 is 12.1 Å². The van der Waals surface area contributed by atoms with Gasteiger partial charge in [0.2, 0.25) is 34.8 Å². The van der Waals surface area contributed by atoms with E-state index in [0.29, 0.717) is 43.8 Å². The van der Waals surface area contributed by atoms with Crippen molar-refractivity contribution >= 4 is 23.9 Å². The van der Waals surface area contributed by atoms with Crippen LogP contribution in [-0.4, -0.2) is 51.3 Å². The molecule has 5 aromatic rings. The van der Waals surface area contributed by atoms with Crippen LogP contribution in [0.3, 0.4) is 0 Å². The highest BCUT2D eigenvalue weighted by molar-refractivity contribution is 6.23. The van der Waals surface area contributed by atoms with Crippen molar-refractivity contribution in [2.75, 3.05) is 27.4 Å². The van der Waals surface area contributed by atoms with Crippen molar-refractivity contribution in [3.63, 3.8) is 0 Å². The topological polar surface area (TPSA) is 138 Å². The van der Waals surface area contributed by atoms with Crippen LogP contribution in [0.2, 0.25) is 0 Å². The second kappa shape index (κ2) is 19.7. The minimum atomic E-state index is -2.47. The summed E-state index contributed by atoms with van der Waals surface area (Å²) >= 11 is 0. The third-order valence-corrected chi connectivity index (χ3v) is 10.3. The van der Waals surface area contributed by atoms with Crippen molar-refractivity contribution in [3.05, 3.63) is 159 Å². The lowest BCUT2D eigenvalue weighted by Crippen LogP contribution is -2.34. The Kier molecular flexibility index (Phi) is 14.2. The monoisotopic (exact) mass is 860 g/mol. The highest BCUT2D eigenvalue weighted by Crippen LogP contribution is 2.45. The number of hydrogen-bond acceptors (Lipinski definition) is 9. The largest absolute Gasteiger partial charge is 0.497 e. The number of carbonyl (C=O) groups excluding carboxylic acids is 4. The van der Waals surface area contributed by atoms with Crippen molar-refractivity contribution in [1.29, 1.82) is 0 Å². The fourth-order valence-electron chi connectivity index (χ4n) is 7.32. The summed E-state index contributed by atoms with van der Waals surface area (Å²) in [5.41, 5.74) is 0.0586. The molecule has 0 spiro atoms. The minimum absolute atomic E-state index is 0.0221. The number of methoxy groups -OCH3 is 2. The summed E-state index contributed by atoms with van der Waals surface area (Å²) in [4.78, 5) is 51.8. The second-order valence-corrected chi connectivity index (χ2v) is 14.0. The molecule has 0 unspecified atom stereocenters. The number of imide groups is 1. The van der Waals surface area contributed by atoms with Crippen molar-refractivity contribution in [2.24, 2.45) is 0 Å². The van der Waals surface area contributed by atoms with Crippen LogP contribution in [0.25, 0.3) is 0 Å². The third-order valence-electron chi connectivity index (χ3n) is 10.3. The number of unbranched alkanes of at least 4 members (excludes halogenated alkanes) is 3. The third kappa shape index (κ3) is 8.96. The quantitative estimate of drug-likeness (QED) is 0.0129. The standard InChI is InChI=1S/C46H41F5N2O9/c1-4-32(34-30(21-20-29-35(34)43(55)53-42(29)54)44(56)62-41-39(50)37(48)36(47)38(49)40(41)51)52-45(57)60-23-13-5-6-14-24-61-46(26-15-9-7-10-16-26,27-17-11-8-12-18-27)31-22-19-28(58-2)25-33(31)59-3/h7-12,15-22,25,32H,4-6,13-14,23-24H2,1-3H3,(H,52,57)(H,53,54,55)/t32-/m0/s1. The predicted octanol–water partition coefficient (Wildman–Crippen LogP) is 9.25. The van der Waals surface area contributed by atoms with Crippen molar-refractivity contribution < 1.29 is 64.8 Å². The summed E-state index contributed by atoms with van der Waals surface area (Å²) in [6.07, 6.45) is 1.40. The van der Waals surface area contributed by atoms with Gasteiger partial charge < -0.3 is 29.0 Å². The summed E-state index contributed by atoms with van der Waals surface area (Å²) in [6.45, 7) is 1.85. The zero-order valence-electron chi connectivity index (χ0n) is 33.8. The van der Waals surface area contributed by atoms with Gasteiger partial charge in [0.05, 0.1) is 43.6 Å². The van der Waals surface area contributed by atoms with Gasteiger partial charge in [0.1, 0.15) is 17.1 Å². The van der Waals surface area contributed by atoms with E-state index in [1.807, 2.05) is 78.9 Å². The fraction of sp³-hybridized carbons (Fsp3) is 0.261. The first-order chi connectivity index (χ1) is 29.9. The van der Waals surface area contributed by atoms with Crippen LogP contribution in [0, 0.1) is 29.1 Å². The smallest absolute Gasteiger partial charge is 0.407 e. The summed E-state index contributed by atoms with van der Waals surface area (Å²) in [6, 6.07) is 26.0. The molecule has 1 heterocycles. The van der Waals surface area contributed by atoms with Crippen LogP contribution < -0.4 is 24.8 Å². The molecule has 62 heavy (non-hydrogen) atoms. The Labute approximate surface area is 353 Å². The lowest BCUT2D eigenvalue weighted by atomic mass is 9.79. The van der Waals surface area contributed by atoms with Crippen LogP contribution in [-0.2, 0) is 15.1 Å². The van der Waals surface area contributed by atoms with Crippen molar-refractivity contribution in [1.82, 2.24) is 10.6 Å². The maximum atomic E-state index is 14.4. The van der Waals surface area contributed by atoms with Crippen molar-refractivity contribution in [3.8, 4) is 17.2 Å². The maximum absolute atomic E-state index is 14.4. The summed E-state index contributed by atoms with van der Waals surface area (Å²) in [5.74, 6) is -16.1. The molecule has 0 saturated carbocycles. The SMILES string of the molecule is CC[C@H](NC(=O)OCCCCCCOC(c1ccccc1)(c1ccccc1)c1ccc(OC)cc1OC)c1c(C(=O)Oc2c(F)c(F)c(F)c(F)c2F)ccc2c1C(=O)NC2=O. The lowest BCUT2D eigenvalue weighted by Gasteiger charge is -2.37. The molecular weight excluding hydrogens is 820 g/mol. The van der Waals surface area contributed by atoms with Crippen LogP contribution in [0.4, 0.5) is 26.7 Å². The lowest BCUT2D eigenvalue weighted by molar-refractivity contribution is 0.00892. The maximum Gasteiger partial charge on any atom is 0.407 e. The van der Waals surface area contributed by atoms with Crippen LogP contribution in [0.5, 0.6) is 17.2 Å². The number of alkyl carbamates (subject to hydrolysis) is 1. The van der Waals surface area contributed by atoms with Gasteiger partial charge in [0, 0.05) is 23.8 Å². The Morgan fingerprint density at radius 1 is 0.710 bits per heavy atom. The van der Waals surface area contributed by atoms with E-state index in [0.717, 1.165) is 28.8 Å². The summed E-state index contributed by atoms with van der Waals surface area (Å²) < 4.78 is 98.5. The number of halogens is 5. The zero-order chi connectivity index (χ0) is 44.6. The van der Waals surface area contributed by atoms with E-state index in [1.54, 1.807) is 21.1 Å². The summed E-state index contributed by atoms with van der Waals surface area (Å²) in [5, 5.41) is 4.59. The van der Waals surface area contributed by atoms with E-state index in [2.05, 4.69) is 15.4 Å². The highest BCUT2D eigenvalue weighted by Gasteiger charge is 2.41. The molecule has 3 amide bonds. The number of amides is 3. The van der Waals surface area contributed by atoms with Crippen LogP contribution >= 0.6 is 0 Å². The van der Waals surface area contributed by atoms with E-state index in [-0.39, 0.29) is 29.7 Å². The van der Waals surface area contributed by atoms with E-state index in [9.17, 15) is 41.1 Å². The van der Waals surface area contributed by atoms with E-state index in [4.69, 9.17) is 18.9 Å². The molecule has 16 heteroatoms. The molecule has 0 aliphatic carbocycles. The molecule has 0 aromatic heterocycles. The normalized spacial score (nSPS) is 12.6. The average molecular weight is 861 g/mol. The first-order valence-electron chi connectivity index (χ1n) is 19.5. The number of rotatable bonds is 18. The minimum Gasteiger partial charge on any atom is -0.497 e. The number of hydrogen-bond donors (Lipinski definition) is 2. The van der Waals surface area contributed by atoms with Gasteiger partial charge in [-0.05, 0) is 61.1 Å². The number of nitrogens with one attached hydrogen (secondary N) is 2. The Bertz CT molecular complexity index is 2400. The molecule has 2 N–H and O–H groups in total. The molecule has 324 valence electrons. The van der Waals surface area contributed by atoms with Gasteiger partial charge in [0.15, 0.2) is 0 Å². The van der Waals surface area contributed by atoms with E-state index < -0.39 is 75.9 Å². The fourth-order valence-corrected chi connectivity index (χ4v) is 7.32. The van der Waals surface area contributed by atoms with Gasteiger partial charge in [-0.3, -0.25) is 14.9 Å². The van der Waals surface area contributed by atoms with E-state index >= 15 is 0 Å². The molecule has 1 aliphatic heterocycles. The predicted molar refractivity (Wildman–Crippen MR) is 214 cm³/mol. The Balaban J connectivity index is 1.11. The molecule has 11 nitrogen and oxygen atoms in total. The Hall–Kier alpha value is -6.81. The molecule has 5 aromatic carbocycles. The van der Waals surface area contributed by atoms with Gasteiger partial charge in [-0.15, -0.1) is 0 Å². The number of ether oxygens (including phenoxy) is 5. The zero-order valence-corrected chi connectivity index (χ0v) is 33.8. The van der Waals surface area contributed by atoms with Gasteiger partial charge in [-0.25, -0.2) is 22.8 Å². The molecule has 6 rings (SSSR count). The van der Waals surface area contributed by atoms with Gasteiger partial charge in [-0.1, -0.05) is 74.0 Å². The molecule has 1 atom stereocenters. The van der Waals surface area contributed by atoms with Gasteiger partial charge in [0.25, 0.3) is 11.8 Å². The van der Waals surface area contributed by atoms with E-state index in [1.165, 1.54) is 0 Å².